The Bertz CT molecular complexity index is 205. The number of hydrogen-bond acceptors (Lipinski definition) is 2. The molecule has 0 aromatic rings. The van der Waals surface area contributed by atoms with E-state index >= 15 is 0 Å². The molecule has 1 fully saturated rings. The lowest BCUT2D eigenvalue weighted by Gasteiger charge is -2.45. The number of nitrogens with zero attached hydrogens (tertiary/aromatic N) is 1. The zero-order valence-electron chi connectivity index (χ0n) is 12.9. The molecule has 1 aliphatic heterocycles. The third-order valence-corrected chi connectivity index (χ3v) is 5.02. The van der Waals surface area contributed by atoms with Crippen molar-refractivity contribution in [2.24, 2.45) is 5.73 Å². The van der Waals surface area contributed by atoms with Crippen molar-refractivity contribution in [2.75, 3.05) is 13.1 Å². The first-order valence-corrected chi connectivity index (χ1v) is 8.21. The summed E-state index contributed by atoms with van der Waals surface area (Å²) in [7, 11) is 0. The van der Waals surface area contributed by atoms with Crippen LogP contribution in [0, 0.1) is 0 Å². The quantitative estimate of drug-likeness (QED) is 0.632. The van der Waals surface area contributed by atoms with Crippen LogP contribution in [0.4, 0.5) is 0 Å². The van der Waals surface area contributed by atoms with E-state index in [0.717, 1.165) is 0 Å². The van der Waals surface area contributed by atoms with Crippen molar-refractivity contribution < 1.29 is 0 Å². The molecule has 1 atom stereocenters. The van der Waals surface area contributed by atoms with Crippen molar-refractivity contribution in [3.05, 3.63) is 0 Å². The molecule has 2 heteroatoms. The second-order valence-electron chi connectivity index (χ2n) is 5.96. The summed E-state index contributed by atoms with van der Waals surface area (Å²) in [6.07, 6.45) is 11.7. The third kappa shape index (κ3) is 3.71. The predicted molar refractivity (Wildman–Crippen MR) is 80.9 cm³/mol. The minimum atomic E-state index is 0.280. The predicted octanol–water partition coefficient (Wildman–Crippen LogP) is 3.94. The van der Waals surface area contributed by atoms with Crippen molar-refractivity contribution in [1.29, 1.82) is 0 Å². The van der Waals surface area contributed by atoms with Gasteiger partial charge in [0.25, 0.3) is 0 Å². The molecule has 18 heavy (non-hydrogen) atoms. The Balaban J connectivity index is 2.53. The fourth-order valence-corrected chi connectivity index (χ4v) is 3.68. The first-order valence-electron chi connectivity index (χ1n) is 8.21. The molecule has 0 aromatic carbocycles. The molecule has 0 saturated carbocycles. The third-order valence-electron chi connectivity index (χ3n) is 5.02. The highest BCUT2D eigenvalue weighted by molar-refractivity contribution is 4.98. The van der Waals surface area contributed by atoms with Crippen molar-refractivity contribution >= 4 is 0 Å². The van der Waals surface area contributed by atoms with E-state index in [4.69, 9.17) is 5.73 Å². The van der Waals surface area contributed by atoms with Crippen LogP contribution in [-0.4, -0.2) is 29.6 Å². The lowest BCUT2D eigenvalue weighted by molar-refractivity contribution is 0.0727. The second kappa shape index (κ2) is 8.16. The van der Waals surface area contributed by atoms with Crippen molar-refractivity contribution in [3.8, 4) is 0 Å². The molecular weight excluding hydrogens is 220 g/mol. The van der Waals surface area contributed by atoms with Crippen LogP contribution in [0.1, 0.15) is 78.6 Å². The maximum atomic E-state index is 6.59. The van der Waals surface area contributed by atoms with Gasteiger partial charge in [-0.15, -0.1) is 0 Å². The molecule has 1 heterocycles. The summed E-state index contributed by atoms with van der Waals surface area (Å²) >= 11 is 0. The number of unbranched alkanes of at least 4 members (excludes halogenated alkanes) is 3. The lowest BCUT2D eigenvalue weighted by atomic mass is 9.81. The van der Waals surface area contributed by atoms with E-state index < -0.39 is 0 Å². The van der Waals surface area contributed by atoms with Crippen LogP contribution in [0.25, 0.3) is 0 Å². The van der Waals surface area contributed by atoms with Crippen LogP contribution in [0.5, 0.6) is 0 Å². The van der Waals surface area contributed by atoms with Crippen LogP contribution in [-0.2, 0) is 0 Å². The van der Waals surface area contributed by atoms with Crippen molar-refractivity contribution in [3.63, 3.8) is 0 Å². The smallest absolute Gasteiger partial charge is 0.0355 e. The van der Waals surface area contributed by atoms with Crippen LogP contribution < -0.4 is 5.73 Å². The molecule has 1 saturated heterocycles. The monoisotopic (exact) mass is 254 g/mol. The Hall–Kier alpha value is -0.0800. The van der Waals surface area contributed by atoms with Gasteiger partial charge in [-0.25, -0.2) is 0 Å². The number of likely N-dealkylation sites (tertiary alicyclic amines) is 1. The van der Waals surface area contributed by atoms with E-state index in [2.05, 4.69) is 25.7 Å². The summed E-state index contributed by atoms with van der Waals surface area (Å²) < 4.78 is 0. The molecule has 0 aromatic heterocycles. The maximum Gasteiger partial charge on any atom is 0.0355 e. The average molecular weight is 254 g/mol. The van der Waals surface area contributed by atoms with Crippen molar-refractivity contribution in [2.45, 2.75) is 90.1 Å². The SMILES string of the molecule is CCCCCCC(N)C(CC)(CC)N1CCCC1. The summed E-state index contributed by atoms with van der Waals surface area (Å²) in [5.74, 6) is 0. The molecule has 0 bridgehead atoms. The average Bonchev–Trinajstić information content (AvgIpc) is 2.91. The van der Waals surface area contributed by atoms with E-state index in [-0.39, 0.29) is 5.54 Å². The molecule has 108 valence electrons. The van der Waals surface area contributed by atoms with Gasteiger partial charge >= 0.3 is 0 Å². The Labute approximate surface area is 114 Å². The maximum absolute atomic E-state index is 6.59. The Kier molecular flexibility index (Phi) is 7.25. The summed E-state index contributed by atoms with van der Waals surface area (Å²) in [6.45, 7) is 9.46. The number of nitrogens with two attached hydrogens (primary N) is 1. The first kappa shape index (κ1) is 16.0. The Morgan fingerprint density at radius 3 is 2.11 bits per heavy atom. The van der Waals surface area contributed by atoms with E-state index in [1.54, 1.807) is 0 Å². The topological polar surface area (TPSA) is 29.3 Å². The number of hydrogen-bond donors (Lipinski definition) is 1. The highest BCUT2D eigenvalue weighted by atomic mass is 15.2. The van der Waals surface area contributed by atoms with E-state index in [9.17, 15) is 0 Å². The van der Waals surface area contributed by atoms with Gasteiger partial charge in [0.15, 0.2) is 0 Å². The van der Waals surface area contributed by atoms with Gasteiger partial charge in [-0.1, -0.05) is 46.5 Å². The van der Waals surface area contributed by atoms with Gasteiger partial charge in [-0.2, -0.15) is 0 Å². The normalized spacial score (nSPS) is 19.3. The highest BCUT2D eigenvalue weighted by Gasteiger charge is 2.39. The highest BCUT2D eigenvalue weighted by Crippen LogP contribution is 2.32. The summed E-state index contributed by atoms with van der Waals surface area (Å²) in [5.41, 5.74) is 6.87. The van der Waals surface area contributed by atoms with Gasteiger partial charge in [-0.05, 0) is 45.2 Å². The van der Waals surface area contributed by atoms with Crippen LogP contribution in [0.15, 0.2) is 0 Å². The standard InChI is InChI=1S/C16H34N2/c1-4-7-8-9-12-15(17)16(5-2,6-3)18-13-10-11-14-18/h15H,4-14,17H2,1-3H3. The van der Waals surface area contributed by atoms with Gasteiger partial charge in [0.2, 0.25) is 0 Å². The minimum Gasteiger partial charge on any atom is -0.326 e. The molecule has 2 nitrogen and oxygen atoms in total. The molecule has 0 amide bonds. The fraction of sp³-hybridized carbons (Fsp3) is 1.00. The molecule has 0 aliphatic carbocycles. The zero-order valence-corrected chi connectivity index (χ0v) is 12.9. The van der Waals surface area contributed by atoms with Gasteiger partial charge in [0.1, 0.15) is 0 Å². The molecule has 1 unspecified atom stereocenters. The molecule has 2 N–H and O–H groups in total. The Morgan fingerprint density at radius 2 is 1.61 bits per heavy atom. The van der Waals surface area contributed by atoms with Gasteiger partial charge in [-0.3, -0.25) is 4.90 Å². The van der Waals surface area contributed by atoms with E-state index in [1.807, 2.05) is 0 Å². The second-order valence-corrected chi connectivity index (χ2v) is 5.96. The molecule has 0 spiro atoms. The van der Waals surface area contributed by atoms with Crippen LogP contribution in [0.2, 0.25) is 0 Å². The molecule has 1 rings (SSSR count). The number of rotatable bonds is 9. The van der Waals surface area contributed by atoms with Crippen LogP contribution >= 0.6 is 0 Å². The molecular formula is C16H34N2. The largest absolute Gasteiger partial charge is 0.326 e. The van der Waals surface area contributed by atoms with Gasteiger partial charge in [0, 0.05) is 11.6 Å². The van der Waals surface area contributed by atoms with E-state index in [1.165, 1.54) is 70.9 Å². The lowest BCUT2D eigenvalue weighted by Crippen LogP contribution is -2.58. The molecule has 0 radical (unpaired) electrons. The summed E-state index contributed by atoms with van der Waals surface area (Å²) in [6, 6.07) is 0.363. The van der Waals surface area contributed by atoms with Gasteiger partial charge < -0.3 is 5.73 Å². The molecule has 1 aliphatic rings. The first-order chi connectivity index (χ1) is 8.71. The summed E-state index contributed by atoms with van der Waals surface area (Å²) in [4.78, 5) is 2.69. The summed E-state index contributed by atoms with van der Waals surface area (Å²) in [5, 5.41) is 0. The minimum absolute atomic E-state index is 0.280. The fourth-order valence-electron chi connectivity index (χ4n) is 3.68. The Morgan fingerprint density at radius 1 is 1.00 bits per heavy atom. The van der Waals surface area contributed by atoms with Crippen LogP contribution in [0.3, 0.4) is 0 Å². The van der Waals surface area contributed by atoms with Gasteiger partial charge in [0.05, 0.1) is 0 Å². The van der Waals surface area contributed by atoms with Crippen molar-refractivity contribution in [1.82, 2.24) is 4.90 Å². The zero-order chi connectivity index (χ0) is 13.4. The van der Waals surface area contributed by atoms with E-state index in [0.29, 0.717) is 6.04 Å².